The van der Waals surface area contributed by atoms with E-state index < -0.39 is 32.2 Å². The molecule has 13 heavy (non-hydrogen) atoms. The van der Waals surface area contributed by atoms with Crippen molar-refractivity contribution in [3.05, 3.63) is 0 Å². The summed E-state index contributed by atoms with van der Waals surface area (Å²) in [4.78, 5) is 36.9. The third-order valence-electron chi connectivity index (χ3n) is 0.906. The summed E-state index contributed by atoms with van der Waals surface area (Å²) < 4.78 is 13.6. The van der Waals surface area contributed by atoms with Crippen LogP contribution in [0.5, 0.6) is 0 Å². The number of rotatable bonds is 4. The average molecular weight is 213 g/mol. The van der Waals surface area contributed by atoms with Gasteiger partial charge in [-0.05, 0) is 0 Å². The predicted octanol–water partition coefficient (Wildman–Crippen LogP) is -1.58. The van der Waals surface area contributed by atoms with Gasteiger partial charge in [0.2, 0.25) is 0 Å². The molecule has 0 fully saturated rings. The third kappa shape index (κ3) is 6.23. The summed E-state index contributed by atoms with van der Waals surface area (Å²) in [6.07, 6.45) is -0.751. The van der Waals surface area contributed by atoms with Crippen LogP contribution in [0.15, 0.2) is 0 Å². The van der Waals surface area contributed by atoms with Crippen LogP contribution in [0.2, 0.25) is 0 Å². The quantitative estimate of drug-likeness (QED) is 0.409. The van der Waals surface area contributed by atoms with Gasteiger partial charge in [0, 0.05) is 0 Å². The Hall–Kier alpha value is -0.950. The van der Waals surface area contributed by atoms with E-state index >= 15 is 0 Å². The molecule has 0 rings (SSSR count). The van der Waals surface area contributed by atoms with E-state index in [1.165, 1.54) is 0 Å². The molecule has 5 N–H and O–H groups in total. The van der Waals surface area contributed by atoms with Crippen LogP contribution >= 0.6 is 7.82 Å². The fraction of sp³-hybridized carbons (Fsp3) is 0.500. The zero-order valence-electron chi connectivity index (χ0n) is 6.28. The highest BCUT2D eigenvalue weighted by Gasteiger charge is 2.26. The van der Waals surface area contributed by atoms with E-state index in [0.717, 1.165) is 0 Å². The van der Waals surface area contributed by atoms with Gasteiger partial charge >= 0.3 is 19.8 Å². The highest BCUT2D eigenvalue weighted by atomic mass is 31.2. The maximum atomic E-state index is 10.6. The first-order chi connectivity index (χ1) is 5.72. The van der Waals surface area contributed by atoms with Gasteiger partial charge in [-0.3, -0.25) is 14.6 Å². The lowest BCUT2D eigenvalue weighted by molar-refractivity contribution is -0.144. The molecule has 0 heterocycles. The van der Waals surface area contributed by atoms with Gasteiger partial charge in [0.15, 0.2) is 0 Å². The minimum atomic E-state index is -4.94. The first-order valence-electron chi connectivity index (χ1n) is 2.98. The Morgan fingerprint density at radius 1 is 1.46 bits per heavy atom. The number of carbonyl (C=O) groups excluding carboxylic acids is 1. The number of phosphoric acid groups is 1. The van der Waals surface area contributed by atoms with Crippen LogP contribution < -0.4 is 5.73 Å². The van der Waals surface area contributed by atoms with Crippen LogP contribution in [-0.2, 0) is 18.7 Å². The summed E-state index contributed by atoms with van der Waals surface area (Å²) in [5, 5.41) is 8.15. The Kier molecular flexibility index (Phi) is 4.02. The normalized spacial score (nSPS) is 13.5. The van der Waals surface area contributed by atoms with Crippen LogP contribution in [0, 0.1) is 0 Å². The topological polar surface area (TPSA) is 147 Å². The Bertz CT molecular complexity index is 257. The molecule has 0 aliphatic rings. The highest BCUT2D eigenvalue weighted by Crippen LogP contribution is 2.36. The van der Waals surface area contributed by atoms with Crippen molar-refractivity contribution < 1.29 is 33.6 Å². The summed E-state index contributed by atoms with van der Waals surface area (Å²) in [5.41, 5.74) is 4.93. The molecule has 0 aromatic rings. The molecule has 0 saturated carbocycles. The zero-order chi connectivity index (χ0) is 10.6. The molecule has 9 heteroatoms. The van der Waals surface area contributed by atoms with Crippen LogP contribution in [0.3, 0.4) is 0 Å². The minimum absolute atomic E-state index is 0.751. The maximum Gasteiger partial charge on any atom is 0.527 e. The van der Waals surface area contributed by atoms with Crippen molar-refractivity contribution in [1.29, 1.82) is 0 Å². The Morgan fingerprint density at radius 2 is 1.92 bits per heavy atom. The Morgan fingerprint density at radius 3 is 2.23 bits per heavy atom. The summed E-state index contributed by atoms with van der Waals surface area (Å²) in [6, 6.07) is -1.58. The highest BCUT2D eigenvalue weighted by molar-refractivity contribution is 7.46. The molecule has 1 atom stereocenters. The van der Waals surface area contributed by atoms with Crippen molar-refractivity contribution in [2.75, 3.05) is 0 Å². The second-order valence-corrected chi connectivity index (χ2v) is 3.27. The molecular weight excluding hydrogens is 205 g/mol. The largest absolute Gasteiger partial charge is 0.527 e. The molecule has 0 bridgehead atoms. The van der Waals surface area contributed by atoms with E-state index in [1.807, 2.05) is 0 Å². The lowest BCUT2D eigenvalue weighted by Gasteiger charge is -2.08. The van der Waals surface area contributed by atoms with Crippen LogP contribution in [-0.4, -0.2) is 32.9 Å². The molecule has 0 unspecified atom stereocenters. The first kappa shape index (κ1) is 12.0. The molecule has 8 nitrogen and oxygen atoms in total. The van der Waals surface area contributed by atoms with Crippen molar-refractivity contribution in [3.63, 3.8) is 0 Å². The standard InChI is InChI=1S/C4H8NO7P/c5-2(1-3(6)7)4(8)12-13(9,10)11/h2H,1,5H2,(H,6,7)(H2,9,10,11)/t2-/m1/s1. The van der Waals surface area contributed by atoms with Gasteiger partial charge in [-0.2, -0.15) is 0 Å². The van der Waals surface area contributed by atoms with E-state index in [4.69, 9.17) is 20.6 Å². The smallest absolute Gasteiger partial charge is 0.481 e. The Labute approximate surface area is 72.5 Å². The lowest BCUT2D eigenvalue weighted by Crippen LogP contribution is -2.33. The molecule has 0 radical (unpaired) electrons. The molecular formula is C4H8NO7P. The van der Waals surface area contributed by atoms with Gasteiger partial charge in [-0.15, -0.1) is 0 Å². The molecule has 0 saturated heterocycles. The van der Waals surface area contributed by atoms with Gasteiger partial charge in [-0.1, -0.05) is 0 Å². The number of hydrogen-bond donors (Lipinski definition) is 4. The molecule has 0 amide bonds. The van der Waals surface area contributed by atoms with Crippen LogP contribution in [0.1, 0.15) is 6.42 Å². The summed E-state index contributed by atoms with van der Waals surface area (Å²) in [5.74, 6) is -2.81. The number of phosphoric ester groups is 1. The van der Waals surface area contributed by atoms with E-state index in [9.17, 15) is 14.2 Å². The average Bonchev–Trinajstić information content (AvgIpc) is 1.81. The lowest BCUT2D eigenvalue weighted by atomic mass is 10.2. The zero-order valence-corrected chi connectivity index (χ0v) is 7.18. The Balaban J connectivity index is 4.12. The molecule has 0 aliphatic carbocycles. The first-order valence-corrected chi connectivity index (χ1v) is 4.52. The van der Waals surface area contributed by atoms with Gasteiger partial charge in [0.25, 0.3) is 0 Å². The SMILES string of the molecule is N[C@H](CC(=O)O)C(=O)OP(=O)(O)O. The fourth-order valence-corrected chi connectivity index (χ4v) is 0.826. The number of carboxylic acid groups (broad SMARTS) is 1. The maximum absolute atomic E-state index is 10.6. The molecule has 0 aromatic heterocycles. The number of carboxylic acids is 1. The van der Waals surface area contributed by atoms with Crippen molar-refractivity contribution in [2.24, 2.45) is 5.73 Å². The molecule has 76 valence electrons. The van der Waals surface area contributed by atoms with E-state index in [0.29, 0.717) is 0 Å². The van der Waals surface area contributed by atoms with Crippen LogP contribution in [0.25, 0.3) is 0 Å². The second kappa shape index (κ2) is 4.33. The summed E-state index contributed by atoms with van der Waals surface area (Å²) >= 11 is 0. The van der Waals surface area contributed by atoms with E-state index in [1.54, 1.807) is 0 Å². The van der Waals surface area contributed by atoms with Gasteiger partial charge < -0.3 is 15.4 Å². The third-order valence-corrected chi connectivity index (χ3v) is 1.32. The molecule has 0 aliphatic heterocycles. The summed E-state index contributed by atoms with van der Waals surface area (Å²) in [6.45, 7) is 0. The fourth-order valence-electron chi connectivity index (χ4n) is 0.456. The summed E-state index contributed by atoms with van der Waals surface area (Å²) in [7, 11) is -4.94. The molecule has 0 aromatic carbocycles. The van der Waals surface area contributed by atoms with Crippen molar-refractivity contribution in [2.45, 2.75) is 12.5 Å². The van der Waals surface area contributed by atoms with Gasteiger partial charge in [0.1, 0.15) is 6.04 Å². The second-order valence-electron chi connectivity index (χ2n) is 2.11. The van der Waals surface area contributed by atoms with Gasteiger partial charge in [-0.25, -0.2) is 9.36 Å². The predicted molar refractivity (Wildman–Crippen MR) is 38.4 cm³/mol. The van der Waals surface area contributed by atoms with Crippen molar-refractivity contribution in [3.8, 4) is 0 Å². The minimum Gasteiger partial charge on any atom is -0.481 e. The number of carbonyl (C=O) groups is 2. The van der Waals surface area contributed by atoms with Crippen molar-refractivity contribution in [1.82, 2.24) is 0 Å². The monoisotopic (exact) mass is 213 g/mol. The van der Waals surface area contributed by atoms with Gasteiger partial charge in [0.05, 0.1) is 6.42 Å². The number of nitrogens with two attached hydrogens (primary N) is 1. The number of hydrogen-bond acceptors (Lipinski definition) is 5. The van der Waals surface area contributed by atoms with E-state index in [2.05, 4.69) is 4.52 Å². The van der Waals surface area contributed by atoms with E-state index in [-0.39, 0.29) is 0 Å². The molecule has 0 spiro atoms. The number of aliphatic carboxylic acids is 1. The van der Waals surface area contributed by atoms with Crippen LogP contribution in [0.4, 0.5) is 0 Å². The van der Waals surface area contributed by atoms with Crippen molar-refractivity contribution >= 4 is 19.8 Å².